The molecule has 160 valence electrons. The fourth-order valence-electron chi connectivity index (χ4n) is 5.30. The van der Waals surface area contributed by atoms with E-state index >= 15 is 0 Å². The summed E-state index contributed by atoms with van der Waals surface area (Å²) in [4.78, 5) is 26.6. The van der Waals surface area contributed by atoms with Crippen LogP contribution in [0, 0.1) is 5.92 Å². The molecule has 3 fully saturated rings. The SMILES string of the molecule is CC(C)C(=O)N[C@H]1CC[C@@H](c2cnc(N3C4CCC3CN(C(C)C)C4)nc2)CC1. The van der Waals surface area contributed by atoms with Gasteiger partial charge in [-0.3, -0.25) is 9.69 Å². The van der Waals surface area contributed by atoms with E-state index in [1.54, 1.807) is 0 Å². The molecule has 2 unspecified atom stereocenters. The highest BCUT2D eigenvalue weighted by Gasteiger charge is 2.41. The minimum atomic E-state index is 0.0614. The number of hydrogen-bond donors (Lipinski definition) is 1. The largest absolute Gasteiger partial charge is 0.353 e. The number of fused-ring (bicyclic) bond motifs is 2. The first kappa shape index (κ1) is 20.6. The number of carbonyl (C=O) groups is 1. The third kappa shape index (κ3) is 4.42. The predicted molar refractivity (Wildman–Crippen MR) is 116 cm³/mol. The van der Waals surface area contributed by atoms with Gasteiger partial charge in [-0.15, -0.1) is 0 Å². The highest BCUT2D eigenvalue weighted by Crippen LogP contribution is 2.35. The highest BCUT2D eigenvalue weighted by atomic mass is 16.1. The van der Waals surface area contributed by atoms with Crippen LogP contribution in [0.25, 0.3) is 0 Å². The lowest BCUT2D eigenvalue weighted by molar-refractivity contribution is -0.124. The molecule has 0 aromatic carbocycles. The zero-order chi connectivity index (χ0) is 20.5. The van der Waals surface area contributed by atoms with Crippen molar-refractivity contribution in [2.24, 2.45) is 5.92 Å². The average Bonchev–Trinajstić information content (AvgIpc) is 2.97. The Labute approximate surface area is 175 Å². The van der Waals surface area contributed by atoms with Gasteiger partial charge >= 0.3 is 0 Å². The summed E-state index contributed by atoms with van der Waals surface area (Å²) in [6.07, 6.45) is 10.9. The number of nitrogens with zero attached hydrogens (tertiary/aromatic N) is 4. The van der Waals surface area contributed by atoms with Gasteiger partial charge in [-0.1, -0.05) is 13.8 Å². The van der Waals surface area contributed by atoms with Crippen molar-refractivity contribution in [1.29, 1.82) is 0 Å². The van der Waals surface area contributed by atoms with Crippen LogP contribution in [0.4, 0.5) is 5.95 Å². The Morgan fingerprint density at radius 3 is 2.07 bits per heavy atom. The van der Waals surface area contributed by atoms with Crippen molar-refractivity contribution in [3.8, 4) is 0 Å². The lowest BCUT2D eigenvalue weighted by Crippen LogP contribution is -2.56. The molecular formula is C23H37N5O. The van der Waals surface area contributed by atoms with Gasteiger partial charge in [0.1, 0.15) is 0 Å². The number of carbonyl (C=O) groups excluding carboxylic acids is 1. The quantitative estimate of drug-likeness (QED) is 0.823. The van der Waals surface area contributed by atoms with Crippen LogP contribution in [0.3, 0.4) is 0 Å². The Hall–Kier alpha value is -1.69. The van der Waals surface area contributed by atoms with Gasteiger partial charge in [0.05, 0.1) is 0 Å². The van der Waals surface area contributed by atoms with Crippen molar-refractivity contribution in [1.82, 2.24) is 20.2 Å². The molecule has 3 heterocycles. The first-order valence-electron chi connectivity index (χ1n) is 11.6. The molecule has 0 radical (unpaired) electrons. The summed E-state index contributed by atoms with van der Waals surface area (Å²) in [7, 11) is 0. The number of aromatic nitrogens is 2. The molecule has 6 heteroatoms. The van der Waals surface area contributed by atoms with Crippen molar-refractivity contribution >= 4 is 11.9 Å². The van der Waals surface area contributed by atoms with Crippen molar-refractivity contribution in [2.75, 3.05) is 18.0 Å². The molecule has 2 aliphatic heterocycles. The van der Waals surface area contributed by atoms with E-state index in [1.165, 1.54) is 18.4 Å². The second kappa shape index (κ2) is 8.58. The standard InChI is InChI=1S/C23H37N5O/c1-15(2)22(29)26-19-7-5-17(6-8-19)18-11-24-23(25-12-18)28-20-9-10-21(28)14-27(13-20)16(3)4/h11-12,15-17,19-21H,5-10,13-14H2,1-4H3,(H,26,29)/t17-,19+,20?,21?. The maximum absolute atomic E-state index is 11.9. The summed E-state index contributed by atoms with van der Waals surface area (Å²) in [5.41, 5.74) is 1.26. The number of piperazine rings is 1. The van der Waals surface area contributed by atoms with Crippen LogP contribution in [0.1, 0.15) is 77.7 Å². The minimum Gasteiger partial charge on any atom is -0.353 e. The van der Waals surface area contributed by atoms with Crippen LogP contribution in [-0.4, -0.2) is 58.0 Å². The lowest BCUT2D eigenvalue weighted by atomic mass is 9.82. The van der Waals surface area contributed by atoms with E-state index < -0.39 is 0 Å². The van der Waals surface area contributed by atoms with Crippen LogP contribution in [0.15, 0.2) is 12.4 Å². The van der Waals surface area contributed by atoms with Gasteiger partial charge < -0.3 is 10.2 Å². The number of amides is 1. The van der Waals surface area contributed by atoms with Crippen LogP contribution >= 0.6 is 0 Å². The van der Waals surface area contributed by atoms with Crippen molar-refractivity contribution in [3.05, 3.63) is 18.0 Å². The Morgan fingerprint density at radius 2 is 1.55 bits per heavy atom. The molecule has 1 amide bonds. The van der Waals surface area contributed by atoms with E-state index in [-0.39, 0.29) is 11.8 Å². The van der Waals surface area contributed by atoms with Gasteiger partial charge in [0, 0.05) is 55.6 Å². The van der Waals surface area contributed by atoms with Crippen LogP contribution < -0.4 is 10.2 Å². The first-order chi connectivity index (χ1) is 13.9. The van der Waals surface area contributed by atoms with E-state index in [0.717, 1.165) is 44.7 Å². The molecule has 2 saturated heterocycles. The van der Waals surface area contributed by atoms with Gasteiger partial charge in [0.2, 0.25) is 11.9 Å². The third-order valence-electron chi connectivity index (χ3n) is 7.20. The Kier molecular flexibility index (Phi) is 6.09. The predicted octanol–water partition coefficient (Wildman–Crippen LogP) is 3.34. The monoisotopic (exact) mass is 399 g/mol. The van der Waals surface area contributed by atoms with Crippen LogP contribution in [0.5, 0.6) is 0 Å². The molecule has 2 atom stereocenters. The van der Waals surface area contributed by atoms with Crippen molar-refractivity contribution in [2.45, 2.75) is 96.3 Å². The Morgan fingerprint density at radius 1 is 0.966 bits per heavy atom. The molecule has 1 aliphatic carbocycles. The van der Waals surface area contributed by atoms with Crippen molar-refractivity contribution < 1.29 is 4.79 Å². The molecule has 3 aliphatic rings. The second-order valence-electron chi connectivity index (χ2n) is 9.87. The summed E-state index contributed by atoms with van der Waals surface area (Å²) in [5.74, 6) is 1.67. The van der Waals surface area contributed by atoms with Gasteiger partial charge in [-0.05, 0) is 63.9 Å². The van der Waals surface area contributed by atoms with Gasteiger partial charge in [0.15, 0.2) is 0 Å². The fraction of sp³-hybridized carbons (Fsp3) is 0.783. The van der Waals surface area contributed by atoms with Crippen LogP contribution in [0.2, 0.25) is 0 Å². The van der Waals surface area contributed by atoms with E-state index in [0.29, 0.717) is 30.1 Å². The molecule has 0 spiro atoms. The maximum atomic E-state index is 11.9. The highest BCUT2D eigenvalue weighted by molar-refractivity contribution is 5.78. The molecule has 2 bridgehead atoms. The van der Waals surface area contributed by atoms with Crippen molar-refractivity contribution in [3.63, 3.8) is 0 Å². The maximum Gasteiger partial charge on any atom is 0.225 e. The minimum absolute atomic E-state index is 0.0614. The topological polar surface area (TPSA) is 61.4 Å². The van der Waals surface area contributed by atoms with E-state index in [9.17, 15) is 4.79 Å². The molecule has 29 heavy (non-hydrogen) atoms. The van der Waals surface area contributed by atoms with Gasteiger partial charge in [-0.25, -0.2) is 9.97 Å². The zero-order valence-corrected chi connectivity index (χ0v) is 18.5. The summed E-state index contributed by atoms with van der Waals surface area (Å²) in [5, 5.41) is 3.19. The zero-order valence-electron chi connectivity index (χ0n) is 18.5. The molecule has 1 N–H and O–H groups in total. The van der Waals surface area contributed by atoms with E-state index in [1.807, 2.05) is 13.8 Å². The van der Waals surface area contributed by atoms with Crippen LogP contribution in [-0.2, 0) is 4.79 Å². The second-order valence-corrected chi connectivity index (χ2v) is 9.87. The number of hydrogen-bond acceptors (Lipinski definition) is 5. The molecule has 1 aromatic rings. The smallest absolute Gasteiger partial charge is 0.225 e. The summed E-state index contributed by atoms with van der Waals surface area (Å²) < 4.78 is 0. The normalized spacial score (nSPS) is 30.2. The summed E-state index contributed by atoms with van der Waals surface area (Å²) in [6, 6.07) is 2.06. The molecule has 4 rings (SSSR count). The third-order valence-corrected chi connectivity index (χ3v) is 7.20. The summed E-state index contributed by atoms with van der Waals surface area (Å²) >= 11 is 0. The number of nitrogens with one attached hydrogen (secondary N) is 1. The summed E-state index contributed by atoms with van der Waals surface area (Å²) in [6.45, 7) is 10.8. The molecule has 6 nitrogen and oxygen atoms in total. The number of rotatable bonds is 5. The lowest BCUT2D eigenvalue weighted by Gasteiger charge is -2.42. The Balaban J connectivity index is 1.34. The van der Waals surface area contributed by atoms with Gasteiger partial charge in [0.25, 0.3) is 0 Å². The number of likely N-dealkylation sites (tertiary alicyclic amines) is 1. The Bertz CT molecular complexity index is 682. The average molecular weight is 400 g/mol. The first-order valence-corrected chi connectivity index (χ1v) is 11.6. The molecular weight excluding hydrogens is 362 g/mol. The molecule has 1 saturated carbocycles. The fourth-order valence-corrected chi connectivity index (χ4v) is 5.30. The molecule has 1 aromatic heterocycles. The van der Waals surface area contributed by atoms with E-state index in [2.05, 4.69) is 41.4 Å². The number of anilines is 1. The van der Waals surface area contributed by atoms with Gasteiger partial charge in [-0.2, -0.15) is 0 Å². The van der Waals surface area contributed by atoms with E-state index in [4.69, 9.17) is 9.97 Å².